The van der Waals surface area contributed by atoms with Crippen molar-refractivity contribution in [1.29, 1.82) is 0 Å². The van der Waals surface area contributed by atoms with Crippen LogP contribution in [0.5, 0.6) is 0 Å². The van der Waals surface area contributed by atoms with E-state index in [1.807, 2.05) is 6.92 Å². The van der Waals surface area contributed by atoms with Crippen molar-refractivity contribution >= 4 is 0 Å². The van der Waals surface area contributed by atoms with Gasteiger partial charge in [-0.2, -0.15) is 0 Å². The second kappa shape index (κ2) is 13.1. The van der Waals surface area contributed by atoms with Crippen molar-refractivity contribution in [1.82, 2.24) is 14.9 Å². The standard InChI is InChI=1S/C21H43N5O2/c1-6-10-12-19(8-3)14-24-16-21(5,26(18-24)23-28)17-25(22-27)15-20(9-4)13-11-7-2/h19-20H,6-18H2,1-5H3. The lowest BCUT2D eigenvalue weighted by molar-refractivity contribution is 0.0948. The molecule has 7 nitrogen and oxygen atoms in total. The van der Waals surface area contributed by atoms with Gasteiger partial charge in [0.2, 0.25) is 0 Å². The van der Waals surface area contributed by atoms with Gasteiger partial charge in [-0.1, -0.05) is 66.2 Å². The van der Waals surface area contributed by atoms with Gasteiger partial charge in [0.1, 0.15) is 0 Å². The molecular formula is C21H43N5O2. The fraction of sp³-hybridized carbons (Fsp3) is 1.00. The summed E-state index contributed by atoms with van der Waals surface area (Å²) < 4.78 is 0. The zero-order valence-corrected chi connectivity index (χ0v) is 18.9. The average Bonchev–Trinajstić information content (AvgIpc) is 3.02. The molecule has 0 bridgehead atoms. The predicted octanol–water partition coefficient (Wildman–Crippen LogP) is 5.42. The van der Waals surface area contributed by atoms with Crippen molar-refractivity contribution in [3.8, 4) is 0 Å². The molecule has 3 unspecified atom stereocenters. The van der Waals surface area contributed by atoms with Crippen LogP contribution in [0.1, 0.15) is 86.0 Å². The van der Waals surface area contributed by atoms with E-state index >= 15 is 0 Å². The summed E-state index contributed by atoms with van der Waals surface area (Å²) in [5.41, 5.74) is -0.470. The third-order valence-corrected chi connectivity index (χ3v) is 6.33. The molecule has 0 aromatic rings. The van der Waals surface area contributed by atoms with E-state index in [0.717, 1.165) is 38.8 Å². The summed E-state index contributed by atoms with van der Waals surface area (Å²) in [6.07, 6.45) is 9.34. The molecule has 3 atom stereocenters. The number of nitroso groups, excluding NO2 is 2. The molecule has 164 valence electrons. The molecule has 0 amide bonds. The van der Waals surface area contributed by atoms with Crippen LogP contribution in [0, 0.1) is 21.6 Å². The van der Waals surface area contributed by atoms with Crippen LogP contribution in [-0.4, -0.2) is 53.3 Å². The average molecular weight is 398 g/mol. The first-order valence-electron chi connectivity index (χ1n) is 11.4. The van der Waals surface area contributed by atoms with Crippen LogP contribution in [0.15, 0.2) is 10.6 Å². The van der Waals surface area contributed by atoms with Gasteiger partial charge in [0.05, 0.1) is 29.3 Å². The summed E-state index contributed by atoms with van der Waals surface area (Å²) in [7, 11) is 0. The Bertz CT molecular complexity index is 451. The predicted molar refractivity (Wildman–Crippen MR) is 116 cm³/mol. The van der Waals surface area contributed by atoms with Gasteiger partial charge < -0.3 is 0 Å². The molecule has 0 aromatic carbocycles. The summed E-state index contributed by atoms with van der Waals surface area (Å²) in [5, 5.41) is 9.83. The van der Waals surface area contributed by atoms with Gasteiger partial charge in [0.25, 0.3) is 0 Å². The van der Waals surface area contributed by atoms with Crippen molar-refractivity contribution in [2.24, 2.45) is 22.4 Å². The van der Waals surface area contributed by atoms with E-state index in [2.05, 4.69) is 43.2 Å². The van der Waals surface area contributed by atoms with Crippen LogP contribution < -0.4 is 0 Å². The third-order valence-electron chi connectivity index (χ3n) is 6.33. The highest BCUT2D eigenvalue weighted by molar-refractivity contribution is 4.96. The number of hydrogen-bond acceptors (Lipinski definition) is 5. The summed E-state index contributed by atoms with van der Waals surface area (Å²) in [6, 6.07) is 0. The van der Waals surface area contributed by atoms with E-state index in [1.165, 1.54) is 25.7 Å². The van der Waals surface area contributed by atoms with Crippen LogP contribution in [0.3, 0.4) is 0 Å². The van der Waals surface area contributed by atoms with E-state index in [1.54, 1.807) is 10.0 Å². The third kappa shape index (κ3) is 7.64. The maximum Gasteiger partial charge on any atom is 0.0920 e. The Balaban J connectivity index is 2.71. The summed E-state index contributed by atoms with van der Waals surface area (Å²) in [6.45, 7) is 14.3. The Labute approximate surface area is 172 Å². The monoisotopic (exact) mass is 397 g/mol. The molecule has 1 heterocycles. The van der Waals surface area contributed by atoms with Gasteiger partial charge in [-0.25, -0.2) is 5.01 Å². The first-order valence-corrected chi connectivity index (χ1v) is 11.4. The van der Waals surface area contributed by atoms with Crippen LogP contribution in [0.25, 0.3) is 0 Å². The SMILES string of the molecule is CCCCC(CC)CN1CN(N=O)C(C)(CN(CC(CC)CCCC)N=O)C1. The normalized spacial score (nSPS) is 22.2. The van der Waals surface area contributed by atoms with Crippen molar-refractivity contribution in [3.05, 3.63) is 9.81 Å². The van der Waals surface area contributed by atoms with Crippen LogP contribution in [0.2, 0.25) is 0 Å². The quantitative estimate of drug-likeness (QED) is 0.257. The first kappa shape index (κ1) is 24.8. The Hall–Kier alpha value is -1.24. The van der Waals surface area contributed by atoms with Crippen LogP contribution >= 0.6 is 0 Å². The highest BCUT2D eigenvalue weighted by atomic mass is 16.3. The summed E-state index contributed by atoms with van der Waals surface area (Å²) in [5.74, 6) is 1.12. The Morgan fingerprint density at radius 3 is 2.11 bits per heavy atom. The Morgan fingerprint density at radius 1 is 1.00 bits per heavy atom. The smallest absolute Gasteiger partial charge is 0.0920 e. The van der Waals surface area contributed by atoms with Gasteiger partial charge in [0.15, 0.2) is 0 Å². The Morgan fingerprint density at radius 2 is 1.61 bits per heavy atom. The second-order valence-electron chi connectivity index (χ2n) is 8.89. The van der Waals surface area contributed by atoms with Gasteiger partial charge in [0, 0.05) is 19.6 Å². The zero-order valence-electron chi connectivity index (χ0n) is 18.9. The largest absolute Gasteiger partial charge is 0.282 e. The lowest BCUT2D eigenvalue weighted by Crippen LogP contribution is -2.49. The van der Waals surface area contributed by atoms with E-state index in [4.69, 9.17) is 0 Å². The van der Waals surface area contributed by atoms with Gasteiger partial charge in [-0.05, 0) is 31.6 Å². The molecule has 1 aliphatic heterocycles. The maximum absolute atomic E-state index is 11.5. The van der Waals surface area contributed by atoms with E-state index < -0.39 is 5.54 Å². The molecule has 7 heteroatoms. The molecule has 1 fully saturated rings. The second-order valence-corrected chi connectivity index (χ2v) is 8.89. The summed E-state index contributed by atoms with van der Waals surface area (Å²) >= 11 is 0. The minimum Gasteiger partial charge on any atom is -0.282 e. The van der Waals surface area contributed by atoms with Gasteiger partial charge in [-0.3, -0.25) is 9.91 Å². The Kier molecular flexibility index (Phi) is 11.6. The first-order chi connectivity index (χ1) is 13.5. The number of nitrogens with zero attached hydrogens (tertiary/aromatic N) is 5. The topological polar surface area (TPSA) is 68.6 Å². The highest BCUT2D eigenvalue weighted by Gasteiger charge is 2.43. The molecular weight excluding hydrogens is 354 g/mol. The van der Waals surface area contributed by atoms with Crippen LogP contribution in [0.4, 0.5) is 0 Å². The van der Waals surface area contributed by atoms with Crippen molar-refractivity contribution < 1.29 is 0 Å². The zero-order chi connectivity index (χ0) is 21.0. The molecule has 1 rings (SSSR count). The number of hydrogen-bond donors (Lipinski definition) is 0. The fourth-order valence-corrected chi connectivity index (χ4v) is 4.37. The molecule has 0 saturated carbocycles. The summed E-state index contributed by atoms with van der Waals surface area (Å²) in [4.78, 5) is 25.3. The molecule has 1 saturated heterocycles. The number of rotatable bonds is 16. The van der Waals surface area contributed by atoms with Crippen molar-refractivity contribution in [2.75, 3.05) is 32.8 Å². The van der Waals surface area contributed by atoms with E-state index in [9.17, 15) is 9.81 Å². The molecule has 0 spiro atoms. The highest BCUT2D eigenvalue weighted by Crippen LogP contribution is 2.29. The van der Waals surface area contributed by atoms with Gasteiger partial charge >= 0.3 is 0 Å². The minimum absolute atomic E-state index is 0.452. The fourth-order valence-electron chi connectivity index (χ4n) is 4.37. The lowest BCUT2D eigenvalue weighted by Gasteiger charge is -2.33. The van der Waals surface area contributed by atoms with Gasteiger partial charge in [-0.15, -0.1) is 9.81 Å². The lowest BCUT2D eigenvalue weighted by atomic mass is 9.97. The molecule has 1 aliphatic rings. The van der Waals surface area contributed by atoms with Crippen molar-refractivity contribution in [2.45, 2.75) is 91.5 Å². The molecule has 0 radical (unpaired) electrons. The molecule has 0 aliphatic carbocycles. The van der Waals surface area contributed by atoms with E-state index in [0.29, 0.717) is 31.6 Å². The molecule has 0 N–H and O–H groups in total. The minimum atomic E-state index is -0.470. The van der Waals surface area contributed by atoms with Crippen LogP contribution in [-0.2, 0) is 0 Å². The maximum atomic E-state index is 11.5. The van der Waals surface area contributed by atoms with E-state index in [-0.39, 0.29) is 0 Å². The molecule has 28 heavy (non-hydrogen) atoms. The molecule has 0 aromatic heterocycles. The van der Waals surface area contributed by atoms with Crippen molar-refractivity contribution in [3.63, 3.8) is 0 Å². The number of unbranched alkanes of at least 4 members (excludes halogenated alkanes) is 2.